The first-order chi connectivity index (χ1) is 11.3. The Morgan fingerprint density at radius 1 is 1.26 bits per heavy atom. The normalized spacial score (nSPS) is 16.5. The standard InChI is InChI=1S/C18H29N3O2/c1-2-3-10-20-18(19)21-13-15-4-6-16(7-5-15)14-23-17-8-11-22-12-9-17/h4-7,17H,2-3,8-14H2,1H3,(H3,19,20,21). The third kappa shape index (κ3) is 7.01. The van der Waals surface area contributed by atoms with Gasteiger partial charge in [0.2, 0.25) is 0 Å². The molecule has 128 valence electrons. The van der Waals surface area contributed by atoms with Crippen LogP contribution in [0.5, 0.6) is 0 Å². The summed E-state index contributed by atoms with van der Waals surface area (Å²) in [4.78, 5) is 4.35. The molecule has 1 aliphatic heterocycles. The van der Waals surface area contributed by atoms with Gasteiger partial charge in [-0.3, -0.25) is 0 Å². The van der Waals surface area contributed by atoms with E-state index in [2.05, 4.69) is 41.5 Å². The summed E-state index contributed by atoms with van der Waals surface area (Å²) in [6, 6.07) is 8.38. The van der Waals surface area contributed by atoms with E-state index in [1.807, 2.05) is 0 Å². The van der Waals surface area contributed by atoms with Crippen LogP contribution in [0.4, 0.5) is 0 Å². The summed E-state index contributed by atoms with van der Waals surface area (Å²) in [7, 11) is 0. The van der Waals surface area contributed by atoms with Gasteiger partial charge in [0.05, 0.1) is 19.3 Å². The van der Waals surface area contributed by atoms with Crippen LogP contribution in [0.1, 0.15) is 43.7 Å². The van der Waals surface area contributed by atoms with Gasteiger partial charge in [-0.05, 0) is 30.4 Å². The molecule has 0 aliphatic carbocycles. The van der Waals surface area contributed by atoms with Crippen LogP contribution >= 0.6 is 0 Å². The minimum absolute atomic E-state index is 0.335. The Kier molecular flexibility index (Phi) is 7.90. The fraction of sp³-hybridized carbons (Fsp3) is 0.611. The summed E-state index contributed by atoms with van der Waals surface area (Å²) in [5.41, 5.74) is 8.18. The molecule has 5 heteroatoms. The van der Waals surface area contributed by atoms with Gasteiger partial charge in [-0.1, -0.05) is 37.6 Å². The van der Waals surface area contributed by atoms with Crippen LogP contribution in [0.2, 0.25) is 0 Å². The highest BCUT2D eigenvalue weighted by Gasteiger charge is 2.13. The van der Waals surface area contributed by atoms with E-state index in [1.54, 1.807) is 0 Å². The maximum absolute atomic E-state index is 5.92. The topological polar surface area (TPSA) is 68.9 Å². The largest absolute Gasteiger partial charge is 0.381 e. The minimum Gasteiger partial charge on any atom is -0.381 e. The van der Waals surface area contributed by atoms with Gasteiger partial charge in [0, 0.05) is 19.8 Å². The second-order valence-corrected chi connectivity index (χ2v) is 5.92. The number of hydrogen-bond donors (Lipinski definition) is 2. The number of nitrogens with two attached hydrogens (primary N) is 1. The van der Waals surface area contributed by atoms with Crippen molar-refractivity contribution in [1.29, 1.82) is 0 Å². The number of hydrogen-bond acceptors (Lipinski definition) is 3. The average molecular weight is 319 g/mol. The molecule has 0 spiro atoms. The molecule has 5 nitrogen and oxygen atoms in total. The molecule has 0 bridgehead atoms. The number of rotatable bonds is 8. The molecule has 2 rings (SSSR count). The fourth-order valence-corrected chi connectivity index (χ4v) is 2.42. The molecule has 0 amide bonds. The molecule has 1 aromatic rings. The van der Waals surface area contributed by atoms with Crippen molar-refractivity contribution in [3.8, 4) is 0 Å². The molecule has 1 aromatic carbocycles. The molecular formula is C18H29N3O2. The molecule has 0 saturated carbocycles. The second kappa shape index (κ2) is 10.2. The maximum atomic E-state index is 5.92. The third-order valence-corrected chi connectivity index (χ3v) is 3.95. The second-order valence-electron chi connectivity index (χ2n) is 5.92. The Hall–Kier alpha value is -1.59. The van der Waals surface area contributed by atoms with Gasteiger partial charge in [-0.2, -0.15) is 0 Å². The van der Waals surface area contributed by atoms with E-state index in [0.29, 0.717) is 25.2 Å². The van der Waals surface area contributed by atoms with Crippen LogP contribution < -0.4 is 11.1 Å². The molecule has 0 radical (unpaired) electrons. The van der Waals surface area contributed by atoms with Crippen molar-refractivity contribution < 1.29 is 9.47 Å². The molecule has 0 aromatic heterocycles. The highest BCUT2D eigenvalue weighted by Crippen LogP contribution is 2.14. The summed E-state index contributed by atoms with van der Waals surface area (Å²) in [6.07, 6.45) is 4.59. The molecular weight excluding hydrogens is 290 g/mol. The number of nitrogens with zero attached hydrogens (tertiary/aromatic N) is 1. The van der Waals surface area contributed by atoms with Crippen LogP contribution in [0.25, 0.3) is 0 Å². The lowest BCUT2D eigenvalue weighted by molar-refractivity contribution is -0.0390. The zero-order valence-corrected chi connectivity index (χ0v) is 14.1. The highest BCUT2D eigenvalue weighted by atomic mass is 16.5. The molecule has 1 fully saturated rings. The lowest BCUT2D eigenvalue weighted by Crippen LogP contribution is -2.32. The summed E-state index contributed by atoms with van der Waals surface area (Å²) < 4.78 is 11.3. The smallest absolute Gasteiger partial charge is 0.188 e. The Bertz CT molecular complexity index is 468. The van der Waals surface area contributed by atoms with Crippen molar-refractivity contribution in [3.63, 3.8) is 0 Å². The van der Waals surface area contributed by atoms with Crippen LogP contribution in [-0.4, -0.2) is 31.8 Å². The number of unbranched alkanes of at least 4 members (excludes halogenated alkanes) is 1. The number of benzene rings is 1. The fourth-order valence-electron chi connectivity index (χ4n) is 2.42. The molecule has 1 saturated heterocycles. The maximum Gasteiger partial charge on any atom is 0.188 e. The highest BCUT2D eigenvalue weighted by molar-refractivity contribution is 5.77. The van der Waals surface area contributed by atoms with Crippen LogP contribution in [0.3, 0.4) is 0 Å². The van der Waals surface area contributed by atoms with Gasteiger partial charge < -0.3 is 20.5 Å². The van der Waals surface area contributed by atoms with Crippen LogP contribution in [0.15, 0.2) is 29.3 Å². The Morgan fingerprint density at radius 2 is 1.96 bits per heavy atom. The zero-order chi connectivity index (χ0) is 16.3. The summed E-state index contributed by atoms with van der Waals surface area (Å²) in [6.45, 7) is 5.93. The predicted molar refractivity (Wildman–Crippen MR) is 93.3 cm³/mol. The summed E-state index contributed by atoms with van der Waals surface area (Å²) >= 11 is 0. The monoisotopic (exact) mass is 319 g/mol. The lowest BCUT2D eigenvalue weighted by atomic mass is 10.1. The van der Waals surface area contributed by atoms with Crippen molar-refractivity contribution in [1.82, 2.24) is 5.32 Å². The third-order valence-electron chi connectivity index (χ3n) is 3.95. The van der Waals surface area contributed by atoms with E-state index in [-0.39, 0.29) is 0 Å². The van der Waals surface area contributed by atoms with Gasteiger partial charge in [0.1, 0.15) is 0 Å². The zero-order valence-electron chi connectivity index (χ0n) is 14.1. The number of ether oxygens (including phenoxy) is 2. The first-order valence-electron chi connectivity index (χ1n) is 8.59. The van der Waals surface area contributed by atoms with Gasteiger partial charge in [-0.25, -0.2) is 4.99 Å². The molecule has 1 aliphatic rings. The number of nitrogens with one attached hydrogen (secondary N) is 1. The average Bonchev–Trinajstić information content (AvgIpc) is 2.60. The van der Waals surface area contributed by atoms with Gasteiger partial charge >= 0.3 is 0 Å². The molecule has 3 N–H and O–H groups in total. The van der Waals surface area contributed by atoms with Crippen molar-refractivity contribution in [2.45, 2.75) is 51.9 Å². The quantitative estimate of drug-likeness (QED) is 0.439. The van der Waals surface area contributed by atoms with Gasteiger partial charge in [-0.15, -0.1) is 0 Å². The lowest BCUT2D eigenvalue weighted by Gasteiger charge is -2.22. The van der Waals surface area contributed by atoms with E-state index < -0.39 is 0 Å². The van der Waals surface area contributed by atoms with Crippen molar-refractivity contribution >= 4 is 5.96 Å². The summed E-state index contributed by atoms with van der Waals surface area (Å²) in [5, 5.41) is 3.12. The number of aliphatic imine (C=N–C) groups is 1. The van der Waals surface area contributed by atoms with Gasteiger partial charge in [0.15, 0.2) is 5.96 Å². The Morgan fingerprint density at radius 3 is 2.65 bits per heavy atom. The first-order valence-corrected chi connectivity index (χ1v) is 8.59. The Labute approximate surface area is 139 Å². The van der Waals surface area contributed by atoms with E-state index in [1.165, 1.54) is 5.56 Å². The molecule has 23 heavy (non-hydrogen) atoms. The molecule has 1 heterocycles. The molecule has 0 unspecified atom stereocenters. The van der Waals surface area contributed by atoms with E-state index in [4.69, 9.17) is 15.2 Å². The predicted octanol–water partition coefficient (Wildman–Crippen LogP) is 2.59. The van der Waals surface area contributed by atoms with Crippen molar-refractivity contribution in [2.24, 2.45) is 10.7 Å². The number of guanidine groups is 1. The van der Waals surface area contributed by atoms with Gasteiger partial charge in [0.25, 0.3) is 0 Å². The first kappa shape index (κ1) is 17.8. The van der Waals surface area contributed by atoms with E-state index in [0.717, 1.165) is 51.0 Å². The Balaban J connectivity index is 1.72. The summed E-state index contributed by atoms with van der Waals surface area (Å²) in [5.74, 6) is 0.519. The van der Waals surface area contributed by atoms with Crippen LogP contribution in [-0.2, 0) is 22.6 Å². The minimum atomic E-state index is 0.335. The van der Waals surface area contributed by atoms with E-state index in [9.17, 15) is 0 Å². The van der Waals surface area contributed by atoms with E-state index >= 15 is 0 Å². The van der Waals surface area contributed by atoms with Crippen molar-refractivity contribution in [2.75, 3.05) is 19.8 Å². The SMILES string of the molecule is CCCCNC(N)=NCc1ccc(COC2CCOCC2)cc1. The molecule has 0 atom stereocenters. The van der Waals surface area contributed by atoms with Crippen molar-refractivity contribution in [3.05, 3.63) is 35.4 Å². The van der Waals surface area contributed by atoms with Crippen LogP contribution in [0, 0.1) is 0 Å².